The second-order valence-corrected chi connectivity index (χ2v) is 6.30. The van der Waals surface area contributed by atoms with Crippen LogP contribution in [0.1, 0.15) is 0 Å². The maximum absolute atomic E-state index is 6.12. The molecule has 0 fully saturated rings. The molecule has 0 bridgehead atoms. The molecule has 4 aromatic rings. The van der Waals surface area contributed by atoms with E-state index < -0.39 is 0 Å². The molecule has 4 rings (SSSR count). The molecule has 2 aromatic heterocycles. The first kappa shape index (κ1) is 14.8. The number of halogens is 1. The lowest BCUT2D eigenvalue weighted by atomic mass is 10.00. The van der Waals surface area contributed by atoms with Gasteiger partial charge in [-0.25, -0.2) is 15.0 Å². The Labute approximate surface area is 147 Å². The summed E-state index contributed by atoms with van der Waals surface area (Å²) >= 11 is 3.53. The van der Waals surface area contributed by atoms with Gasteiger partial charge in [-0.1, -0.05) is 58.4 Å². The van der Waals surface area contributed by atoms with Crippen LogP contribution < -0.4 is 5.73 Å². The zero-order valence-electron chi connectivity index (χ0n) is 12.6. The molecule has 0 saturated heterocycles. The number of nitrogen functional groups attached to an aromatic ring is 1. The van der Waals surface area contributed by atoms with Crippen LogP contribution in [0.4, 0.5) is 5.82 Å². The number of hydrogen-bond donors (Lipinski definition) is 1. The van der Waals surface area contributed by atoms with E-state index in [0.29, 0.717) is 11.5 Å². The normalized spacial score (nSPS) is 10.9. The first-order valence-electron chi connectivity index (χ1n) is 7.45. The van der Waals surface area contributed by atoms with E-state index in [-0.39, 0.29) is 0 Å². The molecule has 0 amide bonds. The highest BCUT2D eigenvalue weighted by molar-refractivity contribution is 9.10. The van der Waals surface area contributed by atoms with Crippen molar-refractivity contribution in [3.05, 3.63) is 71.5 Å². The van der Waals surface area contributed by atoms with Crippen LogP contribution in [0.15, 0.2) is 71.5 Å². The summed E-state index contributed by atoms with van der Waals surface area (Å²) in [6.45, 7) is 0. The molecule has 4 nitrogen and oxygen atoms in total. The fraction of sp³-hybridized carbons (Fsp3) is 0. The summed E-state index contributed by atoms with van der Waals surface area (Å²) in [6.07, 6.45) is 1.45. The number of anilines is 1. The first-order chi connectivity index (χ1) is 11.7. The Kier molecular flexibility index (Phi) is 3.70. The number of nitrogens with two attached hydrogens (primary N) is 1. The third-order valence-corrected chi connectivity index (χ3v) is 4.33. The SMILES string of the molecule is Nc1ncnc2nc(-c3ccccc3)cc(-c3cccc(Br)c3)c12. The molecule has 5 heteroatoms. The summed E-state index contributed by atoms with van der Waals surface area (Å²) in [4.78, 5) is 13.1. The van der Waals surface area contributed by atoms with Gasteiger partial charge in [0, 0.05) is 10.0 Å². The van der Waals surface area contributed by atoms with Gasteiger partial charge in [0.15, 0.2) is 5.65 Å². The number of rotatable bonds is 2. The van der Waals surface area contributed by atoms with Crippen LogP contribution in [-0.4, -0.2) is 15.0 Å². The van der Waals surface area contributed by atoms with Crippen molar-refractivity contribution < 1.29 is 0 Å². The Morgan fingerprint density at radius 2 is 1.62 bits per heavy atom. The van der Waals surface area contributed by atoms with Crippen LogP contribution in [0.2, 0.25) is 0 Å². The fourth-order valence-corrected chi connectivity index (χ4v) is 3.13. The van der Waals surface area contributed by atoms with Gasteiger partial charge < -0.3 is 5.73 Å². The number of nitrogens with zero attached hydrogens (tertiary/aromatic N) is 3. The van der Waals surface area contributed by atoms with Gasteiger partial charge >= 0.3 is 0 Å². The topological polar surface area (TPSA) is 64.7 Å². The van der Waals surface area contributed by atoms with Gasteiger partial charge in [-0.3, -0.25) is 0 Å². The molecular weight excluding hydrogens is 364 g/mol. The number of aromatic nitrogens is 3. The van der Waals surface area contributed by atoms with E-state index in [9.17, 15) is 0 Å². The molecule has 0 unspecified atom stereocenters. The summed E-state index contributed by atoms with van der Waals surface area (Å²) in [7, 11) is 0. The van der Waals surface area contributed by atoms with Crippen LogP contribution in [0, 0.1) is 0 Å². The fourth-order valence-electron chi connectivity index (χ4n) is 2.73. The maximum Gasteiger partial charge on any atom is 0.165 e. The zero-order valence-corrected chi connectivity index (χ0v) is 14.2. The van der Waals surface area contributed by atoms with Crippen molar-refractivity contribution in [2.45, 2.75) is 0 Å². The molecule has 2 aromatic carbocycles. The number of hydrogen-bond acceptors (Lipinski definition) is 4. The third-order valence-electron chi connectivity index (χ3n) is 3.84. The van der Waals surface area contributed by atoms with Crippen molar-refractivity contribution in [3.63, 3.8) is 0 Å². The molecule has 24 heavy (non-hydrogen) atoms. The molecule has 0 aliphatic carbocycles. The molecule has 0 saturated carbocycles. The van der Waals surface area contributed by atoms with Crippen LogP contribution >= 0.6 is 15.9 Å². The van der Waals surface area contributed by atoms with Crippen molar-refractivity contribution in [2.24, 2.45) is 0 Å². The summed E-state index contributed by atoms with van der Waals surface area (Å²) in [6, 6.07) is 20.2. The Morgan fingerprint density at radius 3 is 2.42 bits per heavy atom. The van der Waals surface area contributed by atoms with Gasteiger partial charge in [0.2, 0.25) is 0 Å². The average Bonchev–Trinajstić information content (AvgIpc) is 2.62. The van der Waals surface area contributed by atoms with Crippen LogP contribution in [0.5, 0.6) is 0 Å². The lowest BCUT2D eigenvalue weighted by Gasteiger charge is -2.11. The minimum Gasteiger partial charge on any atom is -0.383 e. The van der Waals surface area contributed by atoms with Crippen molar-refractivity contribution in [1.82, 2.24) is 15.0 Å². The predicted octanol–water partition coefficient (Wildman–Crippen LogP) is 4.70. The van der Waals surface area contributed by atoms with E-state index in [1.54, 1.807) is 0 Å². The standard InChI is InChI=1S/C19H13BrN4/c20-14-8-4-7-13(9-14)15-10-16(12-5-2-1-3-6-12)24-19-17(15)18(21)22-11-23-19/h1-11H,(H2,21,22,23,24). The summed E-state index contributed by atoms with van der Waals surface area (Å²) < 4.78 is 1.00. The Balaban J connectivity index is 2.06. The van der Waals surface area contributed by atoms with Crippen molar-refractivity contribution >= 4 is 32.8 Å². The van der Waals surface area contributed by atoms with Gasteiger partial charge in [-0.2, -0.15) is 0 Å². The summed E-state index contributed by atoms with van der Waals surface area (Å²) in [5, 5.41) is 0.773. The Hall–Kier alpha value is -2.79. The molecule has 116 valence electrons. The Bertz CT molecular complexity index is 1030. The number of pyridine rings is 1. The molecule has 0 atom stereocenters. The van der Waals surface area contributed by atoms with Crippen LogP contribution in [-0.2, 0) is 0 Å². The van der Waals surface area contributed by atoms with E-state index >= 15 is 0 Å². The largest absolute Gasteiger partial charge is 0.383 e. The monoisotopic (exact) mass is 376 g/mol. The first-order valence-corrected chi connectivity index (χ1v) is 8.24. The molecule has 0 spiro atoms. The van der Waals surface area contributed by atoms with Gasteiger partial charge in [-0.15, -0.1) is 0 Å². The van der Waals surface area contributed by atoms with E-state index in [1.165, 1.54) is 6.33 Å². The highest BCUT2D eigenvalue weighted by Gasteiger charge is 2.13. The second-order valence-electron chi connectivity index (χ2n) is 5.39. The lowest BCUT2D eigenvalue weighted by Crippen LogP contribution is -1.98. The van der Waals surface area contributed by atoms with Crippen molar-refractivity contribution in [2.75, 3.05) is 5.73 Å². The number of benzene rings is 2. The quantitative estimate of drug-likeness (QED) is 0.550. The maximum atomic E-state index is 6.12. The van der Waals surface area contributed by atoms with Crippen LogP contribution in [0.25, 0.3) is 33.4 Å². The summed E-state index contributed by atoms with van der Waals surface area (Å²) in [5.41, 5.74) is 10.6. The molecule has 0 aliphatic heterocycles. The van der Waals surface area contributed by atoms with Crippen molar-refractivity contribution in [1.29, 1.82) is 0 Å². The van der Waals surface area contributed by atoms with Gasteiger partial charge in [0.25, 0.3) is 0 Å². The highest BCUT2D eigenvalue weighted by Crippen LogP contribution is 2.34. The minimum atomic E-state index is 0.432. The van der Waals surface area contributed by atoms with Gasteiger partial charge in [0.1, 0.15) is 12.1 Å². The molecular formula is C19H13BrN4. The smallest absolute Gasteiger partial charge is 0.165 e. The molecule has 2 N–H and O–H groups in total. The van der Waals surface area contributed by atoms with E-state index in [4.69, 9.17) is 5.73 Å². The highest BCUT2D eigenvalue weighted by atomic mass is 79.9. The predicted molar refractivity (Wildman–Crippen MR) is 100 cm³/mol. The van der Waals surface area contributed by atoms with Crippen molar-refractivity contribution in [3.8, 4) is 22.4 Å². The molecule has 0 radical (unpaired) electrons. The molecule has 2 heterocycles. The van der Waals surface area contributed by atoms with Gasteiger partial charge in [0.05, 0.1) is 11.1 Å². The van der Waals surface area contributed by atoms with Crippen LogP contribution in [0.3, 0.4) is 0 Å². The number of fused-ring (bicyclic) bond motifs is 1. The average molecular weight is 377 g/mol. The third kappa shape index (κ3) is 2.63. The Morgan fingerprint density at radius 1 is 0.833 bits per heavy atom. The second kappa shape index (κ2) is 6.02. The molecule has 0 aliphatic rings. The van der Waals surface area contributed by atoms with E-state index in [1.807, 2.05) is 54.6 Å². The van der Waals surface area contributed by atoms with E-state index in [0.717, 1.165) is 32.2 Å². The van der Waals surface area contributed by atoms with E-state index in [2.05, 4.69) is 36.9 Å². The summed E-state index contributed by atoms with van der Waals surface area (Å²) in [5.74, 6) is 0.432. The lowest BCUT2D eigenvalue weighted by molar-refractivity contribution is 1.19. The van der Waals surface area contributed by atoms with Gasteiger partial charge in [-0.05, 0) is 29.3 Å². The zero-order chi connectivity index (χ0) is 16.5. The minimum absolute atomic E-state index is 0.432.